The van der Waals surface area contributed by atoms with Crippen molar-refractivity contribution in [3.63, 3.8) is 0 Å². The molecule has 0 bridgehead atoms. The largest absolute Gasteiger partial charge is 0.508 e. The summed E-state index contributed by atoms with van der Waals surface area (Å²) in [6, 6.07) is 21.4. The van der Waals surface area contributed by atoms with Crippen LogP contribution >= 0.6 is 23.4 Å². The van der Waals surface area contributed by atoms with Crippen LogP contribution in [-0.4, -0.2) is 10.9 Å². The Morgan fingerprint density at radius 3 is 1.70 bits per heavy atom. The van der Waals surface area contributed by atoms with Gasteiger partial charge in [0.05, 0.1) is 0 Å². The van der Waals surface area contributed by atoms with Crippen molar-refractivity contribution in [1.82, 2.24) is 0 Å². The number of aromatic hydroxyl groups is 1. The highest BCUT2D eigenvalue weighted by Crippen LogP contribution is 2.29. The Labute approximate surface area is 143 Å². The zero-order valence-electron chi connectivity index (χ0n) is 12.1. The Morgan fingerprint density at radius 2 is 1.17 bits per heavy atom. The number of hydrogen-bond acceptors (Lipinski definition) is 3. The molecule has 0 heterocycles. The molecule has 0 amide bonds. The third kappa shape index (κ3) is 3.95. The summed E-state index contributed by atoms with van der Waals surface area (Å²) in [6.45, 7) is 0. The second-order valence-electron chi connectivity index (χ2n) is 4.96. The molecule has 0 aromatic heterocycles. The summed E-state index contributed by atoms with van der Waals surface area (Å²) >= 11 is 7.49. The minimum absolute atomic E-state index is 0.0620. The van der Waals surface area contributed by atoms with Gasteiger partial charge < -0.3 is 5.11 Å². The molecule has 114 valence electrons. The Balaban J connectivity index is 1.75. The summed E-state index contributed by atoms with van der Waals surface area (Å²) in [5.74, 6) is 0.0873. The summed E-state index contributed by atoms with van der Waals surface area (Å²) in [5.41, 5.74) is 1.18. The van der Waals surface area contributed by atoms with Crippen molar-refractivity contribution in [2.75, 3.05) is 0 Å². The second-order valence-corrected chi connectivity index (χ2v) is 6.54. The summed E-state index contributed by atoms with van der Waals surface area (Å²) < 4.78 is 0. The quantitative estimate of drug-likeness (QED) is 0.643. The molecule has 2 nitrogen and oxygen atoms in total. The molecule has 0 aliphatic rings. The lowest BCUT2D eigenvalue weighted by atomic mass is 10.0. The van der Waals surface area contributed by atoms with E-state index in [2.05, 4.69) is 0 Å². The first-order chi connectivity index (χ1) is 11.1. The molecule has 1 N–H and O–H groups in total. The van der Waals surface area contributed by atoms with E-state index in [0.29, 0.717) is 16.1 Å². The van der Waals surface area contributed by atoms with E-state index in [-0.39, 0.29) is 11.5 Å². The van der Waals surface area contributed by atoms with Crippen LogP contribution in [0, 0.1) is 0 Å². The molecule has 0 spiro atoms. The van der Waals surface area contributed by atoms with Gasteiger partial charge in [-0.05, 0) is 72.8 Å². The highest BCUT2D eigenvalue weighted by atomic mass is 35.5. The van der Waals surface area contributed by atoms with Crippen LogP contribution in [-0.2, 0) is 0 Å². The molecule has 0 aliphatic carbocycles. The topological polar surface area (TPSA) is 37.3 Å². The third-order valence-corrected chi connectivity index (χ3v) is 4.56. The van der Waals surface area contributed by atoms with Crippen LogP contribution in [0.3, 0.4) is 0 Å². The van der Waals surface area contributed by atoms with E-state index in [1.165, 1.54) is 12.1 Å². The number of hydrogen-bond donors (Lipinski definition) is 1. The van der Waals surface area contributed by atoms with E-state index in [4.69, 9.17) is 11.6 Å². The van der Waals surface area contributed by atoms with Gasteiger partial charge in [0.2, 0.25) is 0 Å². The third-order valence-electron chi connectivity index (χ3n) is 3.30. The van der Waals surface area contributed by atoms with E-state index in [0.717, 1.165) is 9.79 Å². The Morgan fingerprint density at radius 1 is 0.739 bits per heavy atom. The molecule has 0 atom stereocenters. The van der Waals surface area contributed by atoms with Gasteiger partial charge in [-0.25, -0.2) is 0 Å². The molecular formula is C19H13ClO2S. The standard InChI is InChI=1S/C19H13ClO2S/c20-15-5-11-18(12-6-15)23-17-9-3-14(4-10-17)19(22)13-1-7-16(21)8-2-13/h1-12,21H. The average molecular weight is 341 g/mol. The van der Waals surface area contributed by atoms with E-state index in [1.54, 1.807) is 23.9 Å². The van der Waals surface area contributed by atoms with Gasteiger partial charge in [-0.15, -0.1) is 0 Å². The lowest BCUT2D eigenvalue weighted by molar-refractivity contribution is 0.103. The Bertz CT molecular complexity index is 809. The number of benzene rings is 3. The summed E-state index contributed by atoms with van der Waals surface area (Å²) in [4.78, 5) is 14.5. The van der Waals surface area contributed by atoms with E-state index in [9.17, 15) is 9.90 Å². The minimum Gasteiger partial charge on any atom is -0.508 e. The summed E-state index contributed by atoms with van der Waals surface area (Å²) in [6.07, 6.45) is 0. The van der Waals surface area contributed by atoms with Crippen molar-refractivity contribution in [2.45, 2.75) is 9.79 Å². The molecular weight excluding hydrogens is 328 g/mol. The molecule has 0 saturated heterocycles. The monoisotopic (exact) mass is 340 g/mol. The van der Waals surface area contributed by atoms with Crippen LogP contribution in [0.5, 0.6) is 5.75 Å². The fourth-order valence-electron chi connectivity index (χ4n) is 2.09. The Kier molecular flexibility index (Phi) is 4.70. The smallest absolute Gasteiger partial charge is 0.193 e. The number of carbonyl (C=O) groups excluding carboxylic acids is 1. The number of ketones is 1. The zero-order chi connectivity index (χ0) is 16.2. The molecule has 3 aromatic carbocycles. The maximum absolute atomic E-state index is 12.4. The Hall–Kier alpha value is -2.23. The van der Waals surface area contributed by atoms with Crippen LogP contribution in [0.4, 0.5) is 0 Å². The van der Waals surface area contributed by atoms with Crippen LogP contribution in [0.15, 0.2) is 82.6 Å². The summed E-state index contributed by atoms with van der Waals surface area (Å²) in [5, 5.41) is 9.99. The van der Waals surface area contributed by atoms with Crippen molar-refractivity contribution in [3.05, 3.63) is 88.9 Å². The molecule has 4 heteroatoms. The maximum Gasteiger partial charge on any atom is 0.193 e. The van der Waals surface area contributed by atoms with E-state index >= 15 is 0 Å². The van der Waals surface area contributed by atoms with Gasteiger partial charge in [0.15, 0.2) is 5.78 Å². The first-order valence-corrected chi connectivity index (χ1v) is 8.18. The lowest BCUT2D eigenvalue weighted by Crippen LogP contribution is -2.00. The van der Waals surface area contributed by atoms with Gasteiger partial charge in [-0.2, -0.15) is 0 Å². The average Bonchev–Trinajstić information content (AvgIpc) is 2.58. The SMILES string of the molecule is O=C(c1ccc(O)cc1)c1ccc(Sc2ccc(Cl)cc2)cc1. The van der Waals surface area contributed by atoms with Crippen LogP contribution in [0.2, 0.25) is 5.02 Å². The van der Waals surface area contributed by atoms with Gasteiger partial charge in [0, 0.05) is 25.9 Å². The maximum atomic E-state index is 12.4. The predicted molar refractivity (Wildman–Crippen MR) is 93.6 cm³/mol. The molecule has 3 rings (SSSR count). The van der Waals surface area contributed by atoms with Crippen LogP contribution in [0.1, 0.15) is 15.9 Å². The molecule has 0 unspecified atom stereocenters. The van der Waals surface area contributed by atoms with E-state index < -0.39 is 0 Å². The minimum atomic E-state index is -0.0620. The van der Waals surface area contributed by atoms with Crippen molar-refractivity contribution in [1.29, 1.82) is 0 Å². The fraction of sp³-hybridized carbons (Fsp3) is 0. The van der Waals surface area contributed by atoms with Gasteiger partial charge in [-0.3, -0.25) is 4.79 Å². The molecule has 3 aromatic rings. The number of carbonyl (C=O) groups is 1. The highest BCUT2D eigenvalue weighted by molar-refractivity contribution is 7.99. The fourth-order valence-corrected chi connectivity index (χ4v) is 3.04. The van der Waals surface area contributed by atoms with Crippen molar-refractivity contribution >= 4 is 29.1 Å². The van der Waals surface area contributed by atoms with Gasteiger partial charge in [0.25, 0.3) is 0 Å². The molecule has 0 radical (unpaired) electrons. The van der Waals surface area contributed by atoms with Crippen molar-refractivity contribution < 1.29 is 9.90 Å². The van der Waals surface area contributed by atoms with Crippen molar-refractivity contribution in [3.8, 4) is 5.75 Å². The number of rotatable bonds is 4. The lowest BCUT2D eigenvalue weighted by Gasteiger charge is -2.05. The van der Waals surface area contributed by atoms with Gasteiger partial charge in [0.1, 0.15) is 5.75 Å². The van der Waals surface area contributed by atoms with Gasteiger partial charge >= 0.3 is 0 Å². The normalized spacial score (nSPS) is 10.5. The highest BCUT2D eigenvalue weighted by Gasteiger charge is 2.09. The molecule has 0 fully saturated rings. The van der Waals surface area contributed by atoms with Gasteiger partial charge in [-0.1, -0.05) is 23.4 Å². The molecule has 0 saturated carbocycles. The second kappa shape index (κ2) is 6.90. The molecule has 0 aliphatic heterocycles. The number of halogens is 1. The summed E-state index contributed by atoms with van der Waals surface area (Å²) in [7, 11) is 0. The van der Waals surface area contributed by atoms with Crippen LogP contribution in [0.25, 0.3) is 0 Å². The predicted octanol–water partition coefficient (Wildman–Crippen LogP) is 5.43. The number of phenols is 1. The zero-order valence-corrected chi connectivity index (χ0v) is 13.6. The number of phenolic OH excluding ortho intramolecular Hbond substituents is 1. The van der Waals surface area contributed by atoms with Crippen LogP contribution < -0.4 is 0 Å². The first-order valence-electron chi connectivity index (χ1n) is 6.99. The van der Waals surface area contributed by atoms with E-state index in [1.807, 2.05) is 48.5 Å². The first kappa shape index (κ1) is 15.7. The molecule has 23 heavy (non-hydrogen) atoms. The van der Waals surface area contributed by atoms with Crippen molar-refractivity contribution in [2.24, 2.45) is 0 Å².